The summed E-state index contributed by atoms with van der Waals surface area (Å²) in [5.41, 5.74) is 4.48. The van der Waals surface area contributed by atoms with E-state index in [-0.39, 0.29) is 52.9 Å². The Hall–Kier alpha value is -3.31. The molecule has 9 nitrogen and oxygen atoms in total. The monoisotopic (exact) mass is 818 g/mol. The van der Waals surface area contributed by atoms with Crippen molar-refractivity contribution in [2.75, 3.05) is 12.4 Å². The summed E-state index contributed by atoms with van der Waals surface area (Å²) in [7, 11) is 0. The van der Waals surface area contributed by atoms with Crippen molar-refractivity contribution in [3.8, 4) is 5.75 Å². The molecule has 306 valence electrons. The van der Waals surface area contributed by atoms with Crippen LogP contribution in [0, 0.1) is 28.6 Å². The molecule has 6 N–H and O–H groups in total. The molecule has 0 spiro atoms. The molecule has 11 heteroatoms. The van der Waals surface area contributed by atoms with Crippen LogP contribution in [0.3, 0.4) is 0 Å². The molecule has 2 aromatic carbocycles. The number of allylic oxidation sites excluding steroid dienone is 4. The van der Waals surface area contributed by atoms with Crippen molar-refractivity contribution in [2.45, 2.75) is 115 Å². The average Bonchev–Trinajstić information content (AvgIpc) is 3.68. The first-order chi connectivity index (χ1) is 27.0. The summed E-state index contributed by atoms with van der Waals surface area (Å²) in [5.74, 6) is -0.998. The van der Waals surface area contributed by atoms with Crippen LogP contribution in [-0.4, -0.2) is 72.0 Å². The Kier molecular flexibility index (Phi) is 11.3. The van der Waals surface area contributed by atoms with Crippen molar-refractivity contribution >= 4 is 45.7 Å². The Bertz CT molecular complexity index is 2180. The number of phenols is 1. The second kappa shape index (κ2) is 15.4. The van der Waals surface area contributed by atoms with Gasteiger partial charge in [-0.05, 0) is 121 Å². The number of nitrogens with one attached hydrogen (secondary N) is 2. The van der Waals surface area contributed by atoms with E-state index in [1.807, 2.05) is 26.8 Å². The highest BCUT2D eigenvalue weighted by Gasteiger charge is 2.74. The minimum atomic E-state index is -1.56. The number of carbonyl (C=O) groups excluding carboxylic acids is 2. The number of alkyl halides is 2. The zero-order valence-corrected chi connectivity index (χ0v) is 35.0. The molecule has 3 aromatic rings. The van der Waals surface area contributed by atoms with E-state index in [0.29, 0.717) is 35.5 Å². The number of ketones is 2. The maximum atomic E-state index is 12.7. The number of aryl methyl sites for hydroxylation is 2. The van der Waals surface area contributed by atoms with Gasteiger partial charge in [-0.15, -0.1) is 23.2 Å². The standard InChI is InChI=1S/C24H28N2O3.C22H28Cl2O4/c1-3-14-9-16-11-18(12-17(16)10-15(14)4-2)25-13-22(28)19-5-7-21(27)24-20(19)6-8-23(29)26-24;1-12-8-16-15-5-4-13-9-14(25)6-7-19(13,2)21(15,24)17(26)10-20(16,3)22(12,28)18(27)11-23/h5-10,18,22,25,27-28H,3-4,11-13H2,1-2H3,(H,26,29);6-7,9,12,15-17,26,28H,4-5,8,10-11H2,1-3H3/t22-;12-,15+,16+,17+,19+,20+,21+,22+/m01/s1. The molecule has 57 heavy (non-hydrogen) atoms. The maximum Gasteiger partial charge on any atom is 0.248 e. The molecule has 1 aromatic heterocycles. The topological polar surface area (TPSA) is 160 Å². The van der Waals surface area contributed by atoms with Gasteiger partial charge in [0, 0.05) is 34.9 Å². The van der Waals surface area contributed by atoms with Crippen LogP contribution in [-0.2, 0) is 35.3 Å². The van der Waals surface area contributed by atoms with Gasteiger partial charge < -0.3 is 30.7 Å². The number of phenolic OH excluding ortho intramolecular Hbond substituents is 1. The smallest absolute Gasteiger partial charge is 0.248 e. The summed E-state index contributed by atoms with van der Waals surface area (Å²) < 4.78 is 0. The zero-order valence-electron chi connectivity index (χ0n) is 33.5. The minimum Gasteiger partial charge on any atom is -0.506 e. The number of aromatic hydroxyl groups is 1. The molecule has 0 radical (unpaired) electrons. The number of pyridine rings is 1. The molecule has 0 unspecified atom stereocenters. The lowest BCUT2D eigenvalue weighted by molar-refractivity contribution is -0.175. The number of fused-ring (bicyclic) bond motifs is 7. The predicted octanol–water partition coefficient (Wildman–Crippen LogP) is 6.56. The van der Waals surface area contributed by atoms with Crippen LogP contribution in [0.1, 0.15) is 94.2 Å². The molecule has 3 fully saturated rings. The SMILES string of the molecule is CCc1cc2c(cc1CC)CC(NC[C@H](O)c1ccc(O)c3[nH]c(=O)ccc13)C2.C[C@@H]1C[C@H]2[C@@H]3CCC4=CC(=O)C=C[C@]4(C)[C@@]3(Cl)[C@@H](O)C[C@]2(C)[C@@]1(O)C(=O)CCl. The zero-order chi connectivity index (χ0) is 41.2. The van der Waals surface area contributed by atoms with Crippen LogP contribution in [0.25, 0.3) is 10.9 Å². The molecule has 5 aliphatic rings. The number of aliphatic hydroxyl groups excluding tert-OH is 2. The Morgan fingerprint density at radius 3 is 2.33 bits per heavy atom. The van der Waals surface area contributed by atoms with Crippen molar-refractivity contribution in [1.29, 1.82) is 0 Å². The number of carbonyl (C=O) groups is 2. The molecule has 1 heterocycles. The first-order valence-corrected chi connectivity index (χ1v) is 21.4. The van der Waals surface area contributed by atoms with Crippen LogP contribution in [0.5, 0.6) is 5.75 Å². The van der Waals surface area contributed by atoms with Crippen molar-refractivity contribution in [3.63, 3.8) is 0 Å². The molecular weight excluding hydrogens is 763 g/mol. The highest BCUT2D eigenvalue weighted by molar-refractivity contribution is 6.29. The van der Waals surface area contributed by atoms with E-state index in [1.54, 1.807) is 24.3 Å². The number of H-pyrrole nitrogens is 1. The third-order valence-electron chi connectivity index (χ3n) is 14.9. The van der Waals surface area contributed by atoms with E-state index in [0.717, 1.165) is 44.1 Å². The van der Waals surface area contributed by atoms with Gasteiger partial charge in [0.15, 0.2) is 11.6 Å². The summed E-state index contributed by atoms with van der Waals surface area (Å²) in [6.45, 7) is 10.6. The second-order valence-electron chi connectivity index (χ2n) is 17.6. The Labute approximate surface area is 344 Å². The number of aromatic amines is 1. The van der Waals surface area contributed by atoms with Gasteiger partial charge in [-0.2, -0.15) is 0 Å². The number of halogens is 2. The number of aromatic nitrogens is 1. The van der Waals surface area contributed by atoms with E-state index in [4.69, 9.17) is 23.2 Å². The van der Waals surface area contributed by atoms with Crippen LogP contribution in [0.2, 0.25) is 0 Å². The summed E-state index contributed by atoms with van der Waals surface area (Å²) in [5, 5.41) is 47.9. The van der Waals surface area contributed by atoms with E-state index in [9.17, 15) is 34.8 Å². The largest absolute Gasteiger partial charge is 0.506 e. The molecule has 5 aliphatic carbocycles. The highest BCUT2D eigenvalue weighted by Crippen LogP contribution is 2.71. The maximum absolute atomic E-state index is 12.7. The molecule has 3 saturated carbocycles. The van der Waals surface area contributed by atoms with Crippen LogP contribution >= 0.6 is 23.2 Å². The van der Waals surface area contributed by atoms with Crippen LogP contribution in [0.4, 0.5) is 0 Å². The van der Waals surface area contributed by atoms with Gasteiger partial charge in [-0.25, -0.2) is 0 Å². The second-order valence-corrected chi connectivity index (χ2v) is 18.5. The number of hydrogen-bond acceptors (Lipinski definition) is 8. The Morgan fingerprint density at radius 2 is 1.70 bits per heavy atom. The summed E-state index contributed by atoms with van der Waals surface area (Å²) in [4.78, 5) is 37.9. The lowest BCUT2D eigenvalue weighted by Crippen LogP contribution is -2.68. The normalized spacial score (nSPS) is 33.4. The lowest BCUT2D eigenvalue weighted by atomic mass is 9.45. The summed E-state index contributed by atoms with van der Waals surface area (Å²) >= 11 is 13.2. The van der Waals surface area contributed by atoms with E-state index in [2.05, 4.69) is 36.3 Å². The number of hydrogen-bond donors (Lipinski definition) is 6. The quantitative estimate of drug-likeness (QED) is 0.140. The number of Topliss-reactive ketones (excluding diaryl/α,β-unsaturated/α-hetero) is 1. The summed E-state index contributed by atoms with van der Waals surface area (Å²) in [6, 6.07) is 11.3. The molecule has 8 rings (SSSR count). The Balaban J connectivity index is 0.000000174. The fourth-order valence-corrected chi connectivity index (χ4v) is 12.5. The van der Waals surface area contributed by atoms with E-state index >= 15 is 0 Å². The van der Waals surface area contributed by atoms with Crippen molar-refractivity contribution < 1.29 is 30.0 Å². The fraction of sp³-hybridized carbons (Fsp3) is 0.543. The molecule has 0 bridgehead atoms. The van der Waals surface area contributed by atoms with Crippen LogP contribution < -0.4 is 10.9 Å². The highest BCUT2D eigenvalue weighted by atomic mass is 35.5. The molecule has 0 amide bonds. The third-order valence-corrected chi connectivity index (χ3v) is 16.0. The number of rotatable bonds is 8. The average molecular weight is 820 g/mol. The van der Waals surface area contributed by atoms with E-state index < -0.39 is 33.5 Å². The van der Waals surface area contributed by atoms with Crippen LogP contribution in [0.15, 0.2) is 65.0 Å². The van der Waals surface area contributed by atoms with Gasteiger partial charge in [0.05, 0.1) is 28.5 Å². The van der Waals surface area contributed by atoms with Crippen molar-refractivity contribution in [1.82, 2.24) is 10.3 Å². The first-order valence-electron chi connectivity index (χ1n) is 20.5. The number of aliphatic hydroxyl groups is 3. The minimum absolute atomic E-state index is 0.00584. The van der Waals surface area contributed by atoms with Gasteiger partial charge in [-0.1, -0.05) is 64.5 Å². The van der Waals surface area contributed by atoms with Gasteiger partial charge in [0.1, 0.15) is 11.4 Å². The van der Waals surface area contributed by atoms with Gasteiger partial charge in [0.2, 0.25) is 5.56 Å². The molecular formula is C46H56Cl2N2O7. The van der Waals surface area contributed by atoms with Gasteiger partial charge in [0.25, 0.3) is 0 Å². The Morgan fingerprint density at radius 1 is 1.04 bits per heavy atom. The van der Waals surface area contributed by atoms with E-state index in [1.165, 1.54) is 34.4 Å². The molecule has 9 atom stereocenters. The van der Waals surface area contributed by atoms with Crippen molar-refractivity contribution in [3.05, 3.63) is 98.4 Å². The molecule has 0 aliphatic heterocycles. The third kappa shape index (κ3) is 6.56. The van der Waals surface area contributed by atoms with Gasteiger partial charge >= 0.3 is 0 Å². The number of benzene rings is 2. The lowest BCUT2D eigenvalue weighted by Gasteiger charge is -2.63. The van der Waals surface area contributed by atoms with Crippen molar-refractivity contribution in [2.24, 2.45) is 28.6 Å². The fourth-order valence-electron chi connectivity index (χ4n) is 11.8. The van der Waals surface area contributed by atoms with Gasteiger partial charge in [-0.3, -0.25) is 14.4 Å². The summed E-state index contributed by atoms with van der Waals surface area (Å²) in [6.07, 6.45) is 9.81. The predicted molar refractivity (Wildman–Crippen MR) is 224 cm³/mol. The molecule has 0 saturated heterocycles. The first kappa shape index (κ1) is 41.8.